The number of halogens is 1. The van der Waals surface area contributed by atoms with Gasteiger partial charge in [0.15, 0.2) is 6.17 Å². The lowest BCUT2D eigenvalue weighted by molar-refractivity contribution is -0.163. The van der Waals surface area contributed by atoms with Crippen molar-refractivity contribution in [1.82, 2.24) is 9.55 Å². The second kappa shape index (κ2) is 12.2. The van der Waals surface area contributed by atoms with Gasteiger partial charge in [-0.25, -0.2) is 22.8 Å². The Morgan fingerprint density at radius 2 is 1.62 bits per heavy atom. The lowest BCUT2D eigenvalue weighted by Crippen LogP contribution is -2.33. The van der Waals surface area contributed by atoms with Crippen LogP contribution in [0.1, 0.15) is 46.9 Å². The Morgan fingerprint density at radius 3 is 2.08 bits per heavy atom. The normalized spacial score (nSPS) is 22.6. The first kappa shape index (κ1) is 31.2. The number of aliphatic hydroxyl groups excluding tert-OH is 1. The smallest absolute Gasteiger partial charge is 0.437 e. The standard InChI is InChI=1S/C21H33FN3O10PS/c1-20(2,3)17(27)31-10-34-36(30,35-11-32-18(28)21(4,5)6)33-9-12-15(26)14(22)16(37-12)25-8-7-13(23)24-19(25)29/h7-8,12,14-16,26H,9-11H2,1-6H3,(H2,23,24,29)/t12-,14+,15-,16?/m1/s1. The van der Waals surface area contributed by atoms with Crippen molar-refractivity contribution in [1.29, 1.82) is 0 Å². The number of thioether (sulfide) groups is 1. The average Bonchev–Trinajstić information content (AvgIpc) is 3.05. The van der Waals surface area contributed by atoms with E-state index in [4.69, 9.17) is 28.8 Å². The minimum absolute atomic E-state index is 0.0466. The molecule has 1 unspecified atom stereocenters. The predicted molar refractivity (Wildman–Crippen MR) is 131 cm³/mol. The molecule has 13 nitrogen and oxygen atoms in total. The SMILES string of the molecule is CC(C)(C)C(=O)OCOP(=O)(OCOC(=O)C(C)(C)C)OC[C@H]1SC(n2ccc(N)nc2=O)[C@@H](F)[C@@H]1O. The molecule has 0 spiro atoms. The van der Waals surface area contributed by atoms with Crippen LogP contribution in [0.15, 0.2) is 17.1 Å². The Morgan fingerprint density at radius 1 is 1.11 bits per heavy atom. The molecular weight excluding hydrogens is 536 g/mol. The van der Waals surface area contributed by atoms with Crippen molar-refractivity contribution >= 4 is 37.3 Å². The number of aromatic nitrogens is 2. The van der Waals surface area contributed by atoms with Crippen LogP contribution < -0.4 is 11.4 Å². The molecular formula is C21H33FN3O10PS. The van der Waals surface area contributed by atoms with Crippen LogP contribution in [0, 0.1) is 10.8 Å². The van der Waals surface area contributed by atoms with Crippen LogP contribution in [0.3, 0.4) is 0 Å². The molecule has 0 saturated carbocycles. The highest BCUT2D eigenvalue weighted by Crippen LogP contribution is 2.52. The van der Waals surface area contributed by atoms with Crippen molar-refractivity contribution in [3.8, 4) is 0 Å². The molecule has 0 aromatic carbocycles. The molecule has 1 saturated heterocycles. The average molecular weight is 570 g/mol. The number of carbonyl (C=O) groups is 2. The number of phosphoric acid groups is 1. The number of nitrogens with zero attached hydrogens (tertiary/aromatic N) is 2. The van der Waals surface area contributed by atoms with E-state index in [0.717, 1.165) is 16.3 Å². The number of anilines is 1. The maximum absolute atomic E-state index is 14.8. The number of nitrogen functional groups attached to an aromatic ring is 1. The number of nitrogens with two attached hydrogens (primary N) is 1. The van der Waals surface area contributed by atoms with Gasteiger partial charge in [0, 0.05) is 6.20 Å². The maximum Gasteiger partial charge on any atom is 0.480 e. The Labute approximate surface area is 217 Å². The fraction of sp³-hybridized carbons (Fsp3) is 0.714. The Bertz CT molecular complexity index is 1040. The van der Waals surface area contributed by atoms with E-state index in [1.165, 1.54) is 12.3 Å². The monoisotopic (exact) mass is 569 g/mol. The summed E-state index contributed by atoms with van der Waals surface area (Å²) in [4.78, 5) is 39.6. The maximum atomic E-state index is 14.8. The molecule has 210 valence electrons. The van der Waals surface area contributed by atoms with Crippen LogP contribution in [-0.2, 0) is 37.2 Å². The fourth-order valence-corrected chi connectivity index (χ4v) is 5.13. The van der Waals surface area contributed by atoms with Gasteiger partial charge in [0.25, 0.3) is 0 Å². The number of hydrogen-bond acceptors (Lipinski definition) is 13. The molecule has 2 heterocycles. The van der Waals surface area contributed by atoms with Crippen molar-refractivity contribution in [2.45, 2.75) is 64.4 Å². The van der Waals surface area contributed by atoms with Gasteiger partial charge >= 0.3 is 25.5 Å². The molecule has 0 bridgehead atoms. The molecule has 1 fully saturated rings. The highest BCUT2D eigenvalue weighted by Gasteiger charge is 2.46. The lowest BCUT2D eigenvalue weighted by atomic mass is 9.98. The van der Waals surface area contributed by atoms with Gasteiger partial charge in [0.1, 0.15) is 17.3 Å². The number of carbonyl (C=O) groups excluding carboxylic acids is 2. The Kier molecular flexibility index (Phi) is 10.3. The van der Waals surface area contributed by atoms with Crippen molar-refractivity contribution < 1.29 is 46.7 Å². The summed E-state index contributed by atoms with van der Waals surface area (Å²) in [5.41, 5.74) is 2.90. The van der Waals surface area contributed by atoms with Crippen molar-refractivity contribution in [3.63, 3.8) is 0 Å². The number of phosphoric ester groups is 1. The number of esters is 2. The Balaban J connectivity index is 2.08. The molecule has 0 aliphatic carbocycles. The first-order valence-corrected chi connectivity index (χ1v) is 13.6. The lowest BCUT2D eigenvalue weighted by Gasteiger charge is -2.22. The summed E-state index contributed by atoms with van der Waals surface area (Å²) in [6.45, 7) is 7.38. The first-order chi connectivity index (χ1) is 16.9. The minimum atomic E-state index is -4.54. The van der Waals surface area contributed by atoms with Crippen molar-refractivity contribution in [2.75, 3.05) is 25.9 Å². The number of alkyl halides is 1. The van der Waals surface area contributed by atoms with E-state index in [-0.39, 0.29) is 5.82 Å². The predicted octanol–water partition coefficient (Wildman–Crippen LogP) is 2.39. The van der Waals surface area contributed by atoms with E-state index in [0.29, 0.717) is 0 Å². The molecule has 16 heteroatoms. The minimum Gasteiger partial charge on any atom is -0.437 e. The van der Waals surface area contributed by atoms with Gasteiger partial charge in [-0.15, -0.1) is 11.8 Å². The summed E-state index contributed by atoms with van der Waals surface area (Å²) >= 11 is 0.834. The molecule has 4 atom stereocenters. The van der Waals surface area contributed by atoms with E-state index >= 15 is 0 Å². The van der Waals surface area contributed by atoms with E-state index in [1.807, 2.05) is 0 Å². The van der Waals surface area contributed by atoms with Gasteiger partial charge in [-0.1, -0.05) is 0 Å². The third-order valence-electron chi connectivity index (χ3n) is 4.84. The first-order valence-electron chi connectivity index (χ1n) is 11.1. The van der Waals surface area contributed by atoms with Gasteiger partial charge in [-0.2, -0.15) is 4.98 Å². The fourth-order valence-electron chi connectivity index (χ4n) is 2.68. The van der Waals surface area contributed by atoms with Crippen LogP contribution in [0.4, 0.5) is 10.2 Å². The molecule has 2 rings (SSSR count). The molecule has 0 radical (unpaired) electrons. The second-order valence-corrected chi connectivity index (χ2v) is 13.2. The molecule has 3 N–H and O–H groups in total. The van der Waals surface area contributed by atoms with Gasteiger partial charge < -0.3 is 20.3 Å². The number of hydrogen-bond donors (Lipinski definition) is 2. The van der Waals surface area contributed by atoms with Crippen molar-refractivity contribution in [3.05, 3.63) is 22.7 Å². The zero-order valence-electron chi connectivity index (χ0n) is 21.4. The topological polar surface area (TPSA) is 178 Å². The van der Waals surface area contributed by atoms with Crippen LogP contribution >= 0.6 is 19.6 Å². The third kappa shape index (κ3) is 8.76. The summed E-state index contributed by atoms with van der Waals surface area (Å²) in [5, 5.41) is 8.19. The van der Waals surface area contributed by atoms with Crippen LogP contribution in [0.2, 0.25) is 0 Å². The van der Waals surface area contributed by atoms with E-state index in [1.54, 1.807) is 41.5 Å². The summed E-state index contributed by atoms with van der Waals surface area (Å²) in [7, 11) is -4.54. The molecule has 1 aromatic heterocycles. The highest BCUT2D eigenvalue weighted by molar-refractivity contribution is 8.00. The van der Waals surface area contributed by atoms with E-state index in [9.17, 15) is 28.4 Å². The van der Waals surface area contributed by atoms with Crippen molar-refractivity contribution in [2.24, 2.45) is 10.8 Å². The summed E-state index contributed by atoms with van der Waals surface area (Å²) < 4.78 is 54.1. The number of rotatable bonds is 10. The van der Waals surface area contributed by atoms with Gasteiger partial charge in [0.05, 0.1) is 22.7 Å². The molecule has 1 aliphatic heterocycles. The van der Waals surface area contributed by atoms with Gasteiger partial charge in [-0.05, 0) is 47.6 Å². The largest absolute Gasteiger partial charge is 0.480 e. The summed E-state index contributed by atoms with van der Waals surface area (Å²) in [5.74, 6) is -1.37. The third-order valence-corrected chi connectivity index (χ3v) is 7.68. The van der Waals surface area contributed by atoms with Crippen LogP contribution in [0.5, 0.6) is 0 Å². The zero-order chi connectivity index (χ0) is 28.2. The summed E-state index contributed by atoms with van der Waals surface area (Å²) in [6, 6.07) is 1.30. The van der Waals surface area contributed by atoms with E-state index in [2.05, 4.69) is 4.98 Å². The summed E-state index contributed by atoms with van der Waals surface area (Å²) in [6.07, 6.45) is -2.27. The van der Waals surface area contributed by atoms with Gasteiger partial charge in [0.2, 0.25) is 13.6 Å². The molecule has 1 aliphatic rings. The molecule has 37 heavy (non-hydrogen) atoms. The highest BCUT2D eigenvalue weighted by atomic mass is 32.2. The quantitative estimate of drug-likeness (QED) is 0.239. The number of aliphatic hydroxyl groups is 1. The number of ether oxygens (including phenoxy) is 2. The zero-order valence-corrected chi connectivity index (χ0v) is 23.1. The van der Waals surface area contributed by atoms with Gasteiger partial charge in [-0.3, -0.25) is 18.7 Å². The second-order valence-electron chi connectivity index (χ2n) is 10.1. The Hall–Kier alpha value is -2.03. The van der Waals surface area contributed by atoms with Crippen LogP contribution in [0.25, 0.3) is 0 Å². The molecule has 1 aromatic rings. The van der Waals surface area contributed by atoms with E-state index < -0.39 is 79.4 Å². The van der Waals surface area contributed by atoms with Crippen LogP contribution in [-0.4, -0.2) is 64.3 Å². The molecule has 0 amide bonds.